The van der Waals surface area contributed by atoms with Crippen LogP contribution in [0, 0.1) is 46.3 Å². The Morgan fingerprint density at radius 2 is 1.63 bits per heavy atom. The third-order valence-corrected chi connectivity index (χ3v) is 10.2. The maximum atomic E-state index is 15.6. The molecule has 30 heavy (non-hydrogen) atoms. The normalized spacial score (nSPS) is 47.6. The Hall–Kier alpha value is -0.810. The summed E-state index contributed by atoms with van der Waals surface area (Å²) >= 11 is 0. The first kappa shape index (κ1) is 22.4. The number of hydrogen-bond donors (Lipinski definition) is 1. The molecule has 1 N–H and O–H groups in total. The SMILES string of the molecule is C[C@H](CCC(=O)O)C1CC[C@H]2[C@H]3[C@H](CC[C@]12C)C1(C)CCC(F)(F)C[C@H]1CC3(F)F. The molecule has 4 aliphatic carbocycles. The molecule has 4 aliphatic rings. The molecule has 8 atom stereocenters. The Balaban J connectivity index is 1.61. The van der Waals surface area contributed by atoms with Crippen molar-refractivity contribution in [1.29, 1.82) is 0 Å². The zero-order chi connectivity index (χ0) is 22.1. The summed E-state index contributed by atoms with van der Waals surface area (Å²) in [5.74, 6) is -7.66. The Labute approximate surface area is 177 Å². The lowest BCUT2D eigenvalue weighted by molar-refractivity contribution is -0.249. The van der Waals surface area contributed by atoms with Crippen molar-refractivity contribution in [3.05, 3.63) is 0 Å². The standard InChI is InChI=1S/C24H36F4O2/c1-14(4-7-19(29)30)16-5-6-17-20-18(8-9-22(16,17)3)21(2)10-11-23(25,26)12-15(21)13-24(20,27)28/h14-18,20H,4-13H2,1-3H3,(H,29,30)/t14-,15+,16?,17+,18+,20+,21?,22-/m1/s1. The molecule has 172 valence electrons. The molecule has 4 fully saturated rings. The summed E-state index contributed by atoms with van der Waals surface area (Å²) in [6.07, 6.45) is 3.27. The Kier molecular flexibility index (Phi) is 5.30. The van der Waals surface area contributed by atoms with Crippen molar-refractivity contribution in [2.24, 2.45) is 46.3 Å². The van der Waals surface area contributed by atoms with Crippen molar-refractivity contribution in [1.82, 2.24) is 0 Å². The lowest BCUT2D eigenvalue weighted by Gasteiger charge is -2.63. The highest BCUT2D eigenvalue weighted by Gasteiger charge is 2.69. The number of carbonyl (C=O) groups is 1. The molecular weight excluding hydrogens is 396 g/mol. The van der Waals surface area contributed by atoms with Crippen LogP contribution in [0.1, 0.15) is 85.0 Å². The smallest absolute Gasteiger partial charge is 0.303 e. The third kappa shape index (κ3) is 3.39. The van der Waals surface area contributed by atoms with Crippen LogP contribution in [0.3, 0.4) is 0 Å². The highest BCUT2D eigenvalue weighted by molar-refractivity contribution is 5.66. The van der Waals surface area contributed by atoms with E-state index in [2.05, 4.69) is 13.8 Å². The number of rotatable bonds is 4. The molecule has 0 aromatic rings. The second-order valence-corrected chi connectivity index (χ2v) is 11.6. The van der Waals surface area contributed by atoms with Gasteiger partial charge in [0.1, 0.15) is 0 Å². The minimum Gasteiger partial charge on any atom is -0.481 e. The molecule has 0 bridgehead atoms. The maximum Gasteiger partial charge on any atom is 0.303 e. The number of halogens is 4. The molecule has 0 aliphatic heterocycles. The number of fused-ring (bicyclic) bond motifs is 5. The lowest BCUT2D eigenvalue weighted by Crippen LogP contribution is -2.61. The van der Waals surface area contributed by atoms with Crippen molar-refractivity contribution in [2.75, 3.05) is 0 Å². The fourth-order valence-electron chi connectivity index (χ4n) is 8.61. The van der Waals surface area contributed by atoms with Gasteiger partial charge in [0.05, 0.1) is 0 Å². The van der Waals surface area contributed by atoms with Crippen LogP contribution in [0.4, 0.5) is 17.6 Å². The van der Waals surface area contributed by atoms with E-state index in [4.69, 9.17) is 5.11 Å². The fourth-order valence-corrected chi connectivity index (χ4v) is 8.61. The van der Waals surface area contributed by atoms with Crippen molar-refractivity contribution < 1.29 is 27.5 Å². The summed E-state index contributed by atoms with van der Waals surface area (Å²) in [5, 5.41) is 9.05. The average Bonchev–Trinajstić information content (AvgIpc) is 2.98. The first-order valence-corrected chi connectivity index (χ1v) is 11.8. The van der Waals surface area contributed by atoms with Crippen molar-refractivity contribution >= 4 is 5.97 Å². The Morgan fingerprint density at radius 3 is 2.30 bits per heavy atom. The van der Waals surface area contributed by atoms with E-state index in [0.717, 1.165) is 19.3 Å². The summed E-state index contributed by atoms with van der Waals surface area (Å²) in [4.78, 5) is 11.0. The van der Waals surface area contributed by atoms with Gasteiger partial charge in [-0.25, -0.2) is 17.6 Å². The highest BCUT2D eigenvalue weighted by Crippen LogP contribution is 2.71. The quantitative estimate of drug-likeness (QED) is 0.484. The number of aliphatic carboxylic acids is 1. The number of alkyl halides is 4. The van der Waals surface area contributed by atoms with Gasteiger partial charge in [-0.1, -0.05) is 20.8 Å². The predicted octanol–water partition coefficient (Wildman–Crippen LogP) is 7.03. The molecule has 0 aromatic carbocycles. The van der Waals surface area contributed by atoms with E-state index >= 15 is 8.78 Å². The first-order valence-electron chi connectivity index (χ1n) is 11.8. The van der Waals surface area contributed by atoms with Crippen LogP contribution in [0.15, 0.2) is 0 Å². The molecule has 6 heteroatoms. The van der Waals surface area contributed by atoms with Crippen LogP contribution in [-0.2, 0) is 4.79 Å². The molecule has 0 amide bonds. The average molecular weight is 433 g/mol. The highest BCUT2D eigenvalue weighted by atomic mass is 19.3. The van der Waals surface area contributed by atoms with E-state index in [1.807, 2.05) is 6.92 Å². The van der Waals surface area contributed by atoms with Crippen LogP contribution in [-0.4, -0.2) is 22.9 Å². The van der Waals surface area contributed by atoms with Crippen LogP contribution >= 0.6 is 0 Å². The van der Waals surface area contributed by atoms with E-state index < -0.39 is 41.5 Å². The molecular formula is C24H36F4O2. The summed E-state index contributed by atoms with van der Waals surface area (Å²) in [5.41, 5.74) is -0.618. The molecule has 0 heterocycles. The molecule has 2 nitrogen and oxygen atoms in total. The lowest BCUT2D eigenvalue weighted by atomic mass is 9.43. The monoisotopic (exact) mass is 432 g/mol. The van der Waals surface area contributed by atoms with Gasteiger partial charge in [-0.3, -0.25) is 4.79 Å². The summed E-state index contributed by atoms with van der Waals surface area (Å²) in [7, 11) is 0. The molecule has 2 unspecified atom stereocenters. The second-order valence-electron chi connectivity index (χ2n) is 11.6. The topological polar surface area (TPSA) is 37.3 Å². The van der Waals surface area contributed by atoms with Gasteiger partial charge in [0.25, 0.3) is 5.92 Å². The van der Waals surface area contributed by atoms with Gasteiger partial charge in [0.15, 0.2) is 0 Å². The minimum atomic E-state index is -2.90. The molecule has 0 radical (unpaired) electrons. The number of carboxylic acids is 1. The van der Waals surface area contributed by atoms with Gasteiger partial charge < -0.3 is 5.11 Å². The van der Waals surface area contributed by atoms with E-state index in [0.29, 0.717) is 19.3 Å². The largest absolute Gasteiger partial charge is 0.481 e. The van der Waals surface area contributed by atoms with Gasteiger partial charge >= 0.3 is 5.97 Å². The number of hydrogen-bond acceptors (Lipinski definition) is 1. The minimum absolute atomic E-state index is 0.0938. The van der Waals surface area contributed by atoms with E-state index in [9.17, 15) is 13.6 Å². The first-order chi connectivity index (χ1) is 13.8. The third-order valence-electron chi connectivity index (χ3n) is 10.2. The summed E-state index contributed by atoms with van der Waals surface area (Å²) in [6, 6.07) is 0. The van der Waals surface area contributed by atoms with Crippen LogP contribution in [0.2, 0.25) is 0 Å². The summed E-state index contributed by atoms with van der Waals surface area (Å²) in [6.45, 7) is 6.25. The second kappa shape index (κ2) is 7.10. The zero-order valence-electron chi connectivity index (χ0n) is 18.4. The Bertz CT molecular complexity index is 695. The zero-order valence-corrected chi connectivity index (χ0v) is 18.4. The van der Waals surface area contributed by atoms with Crippen molar-refractivity contribution in [3.8, 4) is 0 Å². The molecule has 4 rings (SSSR count). The van der Waals surface area contributed by atoms with E-state index in [1.54, 1.807) is 0 Å². The van der Waals surface area contributed by atoms with Gasteiger partial charge in [0.2, 0.25) is 5.92 Å². The Morgan fingerprint density at radius 1 is 0.967 bits per heavy atom. The van der Waals surface area contributed by atoms with Gasteiger partial charge in [-0.2, -0.15) is 0 Å². The number of carboxylic acid groups (broad SMARTS) is 1. The van der Waals surface area contributed by atoms with E-state index in [-0.39, 0.29) is 48.3 Å². The van der Waals surface area contributed by atoms with Crippen LogP contribution in [0.25, 0.3) is 0 Å². The molecule has 0 aromatic heterocycles. The van der Waals surface area contributed by atoms with Gasteiger partial charge in [-0.05, 0) is 78.9 Å². The van der Waals surface area contributed by atoms with Crippen LogP contribution < -0.4 is 0 Å². The van der Waals surface area contributed by atoms with Crippen molar-refractivity contribution in [2.45, 2.75) is 96.8 Å². The van der Waals surface area contributed by atoms with E-state index in [1.165, 1.54) is 0 Å². The molecule has 4 saturated carbocycles. The fraction of sp³-hybridized carbons (Fsp3) is 0.958. The summed E-state index contributed by atoms with van der Waals surface area (Å²) < 4.78 is 59.4. The van der Waals surface area contributed by atoms with Gasteiger partial charge in [0, 0.05) is 31.6 Å². The molecule has 0 saturated heterocycles. The predicted molar refractivity (Wildman–Crippen MR) is 107 cm³/mol. The maximum absolute atomic E-state index is 15.6. The molecule has 0 spiro atoms. The van der Waals surface area contributed by atoms with Gasteiger partial charge in [-0.15, -0.1) is 0 Å². The van der Waals surface area contributed by atoms with Crippen molar-refractivity contribution in [3.63, 3.8) is 0 Å². The van der Waals surface area contributed by atoms with Crippen LogP contribution in [0.5, 0.6) is 0 Å².